The molecule has 2 aliphatic rings. The molecular weight excluding hydrogens is 258 g/mol. The Hall–Kier alpha value is -0.900. The summed E-state index contributed by atoms with van der Waals surface area (Å²) in [5.41, 5.74) is 7.58. The molecule has 2 saturated heterocycles. The van der Waals surface area contributed by atoms with Crippen LogP contribution in [0.2, 0.25) is 0 Å². The molecule has 2 fully saturated rings. The number of nitrogens with zero attached hydrogens (tertiary/aromatic N) is 2. The molecule has 4 atom stereocenters. The van der Waals surface area contributed by atoms with Crippen LogP contribution in [0.5, 0.6) is 0 Å². The highest BCUT2D eigenvalue weighted by molar-refractivity contribution is 5.21. The van der Waals surface area contributed by atoms with Crippen LogP contribution in [0, 0.1) is 0 Å². The summed E-state index contributed by atoms with van der Waals surface area (Å²) < 4.78 is 0. The number of benzene rings is 1. The summed E-state index contributed by atoms with van der Waals surface area (Å²) in [5.74, 6) is 0.498. The second-order valence-electron chi connectivity index (χ2n) is 6.84. The molecule has 4 unspecified atom stereocenters. The number of rotatable bonds is 4. The second kappa shape index (κ2) is 6.47. The zero-order valence-electron chi connectivity index (χ0n) is 13.4. The molecule has 3 heteroatoms. The van der Waals surface area contributed by atoms with Crippen LogP contribution in [-0.2, 0) is 0 Å². The standard InChI is InChI=1S/C18H29N3/c1-14(15-6-4-3-5-7-15)18(12-19)21-11-10-16-8-9-17(13-21)20(16)2/h3-7,14,16-18H,8-13,19H2,1-2H3. The van der Waals surface area contributed by atoms with Crippen molar-refractivity contribution in [2.45, 2.75) is 50.2 Å². The lowest BCUT2D eigenvalue weighted by molar-refractivity contribution is 0.158. The summed E-state index contributed by atoms with van der Waals surface area (Å²) in [4.78, 5) is 5.28. The van der Waals surface area contributed by atoms with Crippen molar-refractivity contribution in [2.75, 3.05) is 26.7 Å². The van der Waals surface area contributed by atoms with Crippen LogP contribution in [0.1, 0.15) is 37.7 Å². The molecule has 21 heavy (non-hydrogen) atoms. The molecule has 1 aromatic rings. The molecule has 3 nitrogen and oxygen atoms in total. The summed E-state index contributed by atoms with van der Waals surface area (Å²) in [5, 5.41) is 0. The van der Waals surface area contributed by atoms with Crippen LogP contribution >= 0.6 is 0 Å². The van der Waals surface area contributed by atoms with Gasteiger partial charge in [0.25, 0.3) is 0 Å². The van der Waals surface area contributed by atoms with E-state index in [4.69, 9.17) is 5.73 Å². The Morgan fingerprint density at radius 2 is 1.86 bits per heavy atom. The van der Waals surface area contributed by atoms with E-state index in [9.17, 15) is 0 Å². The van der Waals surface area contributed by atoms with Crippen molar-refractivity contribution in [3.63, 3.8) is 0 Å². The summed E-state index contributed by atoms with van der Waals surface area (Å²) in [6.07, 6.45) is 4.04. The van der Waals surface area contributed by atoms with Crippen LogP contribution in [0.15, 0.2) is 30.3 Å². The highest BCUT2D eigenvalue weighted by atomic mass is 15.3. The quantitative estimate of drug-likeness (QED) is 0.922. The van der Waals surface area contributed by atoms with Gasteiger partial charge in [-0.3, -0.25) is 9.80 Å². The van der Waals surface area contributed by atoms with Crippen LogP contribution < -0.4 is 5.73 Å². The van der Waals surface area contributed by atoms with Gasteiger partial charge < -0.3 is 5.73 Å². The summed E-state index contributed by atoms with van der Waals surface area (Å²) in [6, 6.07) is 12.8. The van der Waals surface area contributed by atoms with Gasteiger partial charge in [0, 0.05) is 37.8 Å². The molecule has 3 rings (SSSR count). The number of fused-ring (bicyclic) bond motifs is 2. The third kappa shape index (κ3) is 3.01. The molecular formula is C18H29N3. The maximum atomic E-state index is 6.17. The van der Waals surface area contributed by atoms with Gasteiger partial charge in [0.15, 0.2) is 0 Å². The Morgan fingerprint density at radius 1 is 1.14 bits per heavy atom. The topological polar surface area (TPSA) is 32.5 Å². The number of hydrogen-bond donors (Lipinski definition) is 1. The number of likely N-dealkylation sites (N-methyl/N-ethyl adjacent to an activating group) is 1. The fourth-order valence-electron chi connectivity index (χ4n) is 4.28. The molecule has 2 N–H and O–H groups in total. The first kappa shape index (κ1) is 15.0. The Morgan fingerprint density at radius 3 is 2.57 bits per heavy atom. The van der Waals surface area contributed by atoms with E-state index in [-0.39, 0.29) is 0 Å². The van der Waals surface area contributed by atoms with Gasteiger partial charge in [-0.05, 0) is 37.8 Å². The highest BCUT2D eigenvalue weighted by Crippen LogP contribution is 2.31. The van der Waals surface area contributed by atoms with Gasteiger partial charge >= 0.3 is 0 Å². The van der Waals surface area contributed by atoms with Crippen LogP contribution in [0.4, 0.5) is 0 Å². The summed E-state index contributed by atoms with van der Waals surface area (Å²) in [7, 11) is 2.31. The van der Waals surface area contributed by atoms with Crippen molar-refractivity contribution >= 4 is 0 Å². The maximum Gasteiger partial charge on any atom is 0.0285 e. The van der Waals surface area contributed by atoms with Crippen molar-refractivity contribution in [3.8, 4) is 0 Å². The average Bonchev–Trinajstić information content (AvgIpc) is 2.76. The second-order valence-corrected chi connectivity index (χ2v) is 6.84. The Bertz CT molecular complexity index is 447. The monoisotopic (exact) mass is 287 g/mol. The lowest BCUT2D eigenvalue weighted by Crippen LogP contribution is -2.47. The predicted octanol–water partition coefficient (Wildman–Crippen LogP) is 2.29. The molecule has 2 aliphatic heterocycles. The lowest BCUT2D eigenvalue weighted by Gasteiger charge is -2.36. The third-order valence-electron chi connectivity index (χ3n) is 5.79. The molecule has 2 bridgehead atoms. The Balaban J connectivity index is 1.74. The Kier molecular flexibility index (Phi) is 4.63. The van der Waals surface area contributed by atoms with Gasteiger partial charge in [-0.15, -0.1) is 0 Å². The van der Waals surface area contributed by atoms with E-state index in [0.717, 1.165) is 18.6 Å². The summed E-state index contributed by atoms with van der Waals surface area (Å²) >= 11 is 0. The first-order chi connectivity index (χ1) is 10.2. The number of likely N-dealkylation sites (tertiary alicyclic amines) is 1. The third-order valence-corrected chi connectivity index (χ3v) is 5.79. The van der Waals surface area contributed by atoms with E-state index in [0.29, 0.717) is 12.0 Å². The molecule has 0 spiro atoms. The maximum absolute atomic E-state index is 6.17. The van der Waals surface area contributed by atoms with Gasteiger partial charge in [0.2, 0.25) is 0 Å². The SMILES string of the molecule is CC(c1ccccc1)C(CN)N1CCC2CCC(C1)N2C. The minimum atomic E-state index is 0.458. The zero-order chi connectivity index (χ0) is 14.8. The normalized spacial score (nSPS) is 30.0. The van der Waals surface area contributed by atoms with Gasteiger partial charge in [0.1, 0.15) is 0 Å². The number of hydrogen-bond acceptors (Lipinski definition) is 3. The van der Waals surface area contributed by atoms with Gasteiger partial charge in [-0.25, -0.2) is 0 Å². The molecule has 2 heterocycles. The molecule has 0 radical (unpaired) electrons. The first-order valence-electron chi connectivity index (χ1n) is 8.41. The van der Waals surface area contributed by atoms with Crippen molar-refractivity contribution in [1.29, 1.82) is 0 Å². The molecule has 1 aromatic carbocycles. The van der Waals surface area contributed by atoms with Crippen molar-refractivity contribution < 1.29 is 0 Å². The zero-order valence-corrected chi connectivity index (χ0v) is 13.4. The highest BCUT2D eigenvalue weighted by Gasteiger charge is 2.37. The van der Waals surface area contributed by atoms with E-state index in [1.165, 1.54) is 37.9 Å². The van der Waals surface area contributed by atoms with Gasteiger partial charge in [-0.2, -0.15) is 0 Å². The van der Waals surface area contributed by atoms with Crippen molar-refractivity contribution in [1.82, 2.24) is 9.80 Å². The van der Waals surface area contributed by atoms with Gasteiger partial charge in [-0.1, -0.05) is 37.3 Å². The van der Waals surface area contributed by atoms with Crippen LogP contribution in [0.25, 0.3) is 0 Å². The fraction of sp³-hybridized carbons (Fsp3) is 0.667. The van der Waals surface area contributed by atoms with Crippen molar-refractivity contribution in [2.24, 2.45) is 5.73 Å². The molecule has 0 amide bonds. The minimum Gasteiger partial charge on any atom is -0.329 e. The molecule has 0 saturated carbocycles. The Labute approximate surface area is 129 Å². The average molecular weight is 287 g/mol. The first-order valence-corrected chi connectivity index (χ1v) is 8.41. The van der Waals surface area contributed by atoms with E-state index >= 15 is 0 Å². The molecule has 116 valence electrons. The van der Waals surface area contributed by atoms with Crippen LogP contribution in [0.3, 0.4) is 0 Å². The number of nitrogens with two attached hydrogens (primary N) is 1. The minimum absolute atomic E-state index is 0.458. The van der Waals surface area contributed by atoms with Gasteiger partial charge in [0.05, 0.1) is 0 Å². The van der Waals surface area contributed by atoms with E-state index in [1.807, 2.05) is 0 Å². The van der Waals surface area contributed by atoms with E-state index in [2.05, 4.69) is 54.1 Å². The van der Waals surface area contributed by atoms with Crippen molar-refractivity contribution in [3.05, 3.63) is 35.9 Å². The smallest absolute Gasteiger partial charge is 0.0285 e. The van der Waals surface area contributed by atoms with Crippen LogP contribution in [-0.4, -0.2) is 54.6 Å². The fourth-order valence-corrected chi connectivity index (χ4v) is 4.28. The summed E-state index contributed by atoms with van der Waals surface area (Å²) in [6.45, 7) is 5.47. The van der Waals surface area contributed by atoms with E-state index < -0.39 is 0 Å². The lowest BCUT2D eigenvalue weighted by atomic mass is 9.91. The van der Waals surface area contributed by atoms with E-state index in [1.54, 1.807) is 0 Å². The molecule has 0 aliphatic carbocycles. The predicted molar refractivity (Wildman–Crippen MR) is 88.5 cm³/mol. The largest absolute Gasteiger partial charge is 0.329 e. The molecule has 0 aromatic heterocycles.